The molecule has 216 valence electrons. The smallest absolute Gasteiger partial charge is 0.254 e. The zero-order valence-corrected chi connectivity index (χ0v) is 23.9. The maximum absolute atomic E-state index is 13.2. The maximum Gasteiger partial charge on any atom is 0.254 e. The number of rotatable bonds is 4. The first kappa shape index (κ1) is 27.5. The molecule has 4 aliphatic rings. The molecule has 40 heavy (non-hydrogen) atoms. The lowest BCUT2D eigenvalue weighted by atomic mass is 9.69. The molecule has 6 rings (SSSR count). The molecule has 2 aromatic rings. The van der Waals surface area contributed by atoms with Gasteiger partial charge in [-0.1, -0.05) is 57.1 Å². The van der Waals surface area contributed by atoms with Gasteiger partial charge >= 0.3 is 0 Å². The number of hydrogen-bond acceptors (Lipinski definition) is 5. The number of hydrogen-bond donors (Lipinski definition) is 1. The van der Waals surface area contributed by atoms with E-state index in [1.54, 1.807) is 9.80 Å². The van der Waals surface area contributed by atoms with E-state index in [2.05, 4.69) is 10.8 Å². The highest BCUT2D eigenvalue weighted by Crippen LogP contribution is 2.44. The van der Waals surface area contributed by atoms with Crippen molar-refractivity contribution >= 4 is 11.8 Å². The molecule has 0 radical (unpaired) electrons. The number of aliphatic hydroxyl groups is 1. The van der Waals surface area contributed by atoms with Crippen molar-refractivity contribution in [3.63, 3.8) is 0 Å². The van der Waals surface area contributed by atoms with Crippen molar-refractivity contribution in [3.05, 3.63) is 41.9 Å². The summed E-state index contributed by atoms with van der Waals surface area (Å²) in [6, 6.07) is 7.77. The van der Waals surface area contributed by atoms with Gasteiger partial charge in [-0.2, -0.15) is 0 Å². The number of methoxy groups -OCH3 is 1. The van der Waals surface area contributed by atoms with Crippen molar-refractivity contribution in [2.24, 2.45) is 5.41 Å². The molecule has 1 saturated heterocycles. The molecule has 1 aromatic carbocycles. The van der Waals surface area contributed by atoms with Crippen molar-refractivity contribution in [2.45, 2.75) is 95.3 Å². The Balaban J connectivity index is 1.12. The van der Waals surface area contributed by atoms with Gasteiger partial charge in [0.15, 0.2) is 0 Å². The largest absolute Gasteiger partial charge is 0.380 e. The van der Waals surface area contributed by atoms with Crippen LogP contribution in [0.2, 0.25) is 0 Å². The van der Waals surface area contributed by atoms with Crippen LogP contribution in [-0.2, 0) is 22.5 Å². The molecule has 0 bridgehead atoms. The standard InChI is InChI=1S/C32H44N4O4/c1-40-27-23-36-22-26(33-28(36)21-31(27)13-7-5-3-2-4-6-8-14-31)24-9-11-25(12-10-24)29(37)34-17-19-35(20-18-34)30(38)32(39)15-16-32/h9-12,22,27,39H,2-8,13-21,23H2,1H3. The zero-order valence-electron chi connectivity index (χ0n) is 23.9. The molecule has 3 heterocycles. The number of fused-ring (bicyclic) bond motifs is 1. The molecule has 2 aliphatic carbocycles. The monoisotopic (exact) mass is 548 g/mol. The number of piperazine rings is 1. The van der Waals surface area contributed by atoms with Gasteiger partial charge in [0, 0.05) is 62.4 Å². The summed E-state index contributed by atoms with van der Waals surface area (Å²) in [6.07, 6.45) is 16.1. The predicted molar refractivity (Wildman–Crippen MR) is 153 cm³/mol. The summed E-state index contributed by atoms with van der Waals surface area (Å²) in [5, 5.41) is 10.1. The van der Waals surface area contributed by atoms with Crippen LogP contribution in [0.3, 0.4) is 0 Å². The van der Waals surface area contributed by atoms with Crippen LogP contribution in [0.5, 0.6) is 0 Å². The van der Waals surface area contributed by atoms with Crippen LogP contribution in [0.4, 0.5) is 0 Å². The highest BCUT2D eigenvalue weighted by atomic mass is 16.5. The quantitative estimate of drug-likeness (QED) is 0.610. The molecule has 1 aromatic heterocycles. The Morgan fingerprint density at radius 2 is 1.48 bits per heavy atom. The number of amides is 2. The van der Waals surface area contributed by atoms with Gasteiger partial charge in [-0.05, 0) is 37.8 Å². The fraction of sp³-hybridized carbons (Fsp3) is 0.656. The molecule has 1 unspecified atom stereocenters. The molecule has 8 nitrogen and oxygen atoms in total. The number of ether oxygens (including phenoxy) is 1. The second kappa shape index (κ2) is 11.3. The Bertz CT molecular complexity index is 1200. The fourth-order valence-electron chi connectivity index (χ4n) is 7.19. The van der Waals surface area contributed by atoms with Crippen LogP contribution in [0.15, 0.2) is 30.5 Å². The number of carbonyl (C=O) groups is 2. The van der Waals surface area contributed by atoms with Crippen LogP contribution in [0.25, 0.3) is 11.3 Å². The lowest BCUT2D eigenvalue weighted by Crippen LogP contribution is -2.53. The molecule has 8 heteroatoms. The SMILES string of the molecule is COC1Cn2cc(-c3ccc(C(=O)N4CCN(C(=O)C5(O)CC5)CC4)cc3)nc2CC12CCCCCCCCC2. The predicted octanol–water partition coefficient (Wildman–Crippen LogP) is 4.44. The third kappa shape index (κ3) is 5.45. The third-order valence-corrected chi connectivity index (χ3v) is 9.95. The summed E-state index contributed by atoms with van der Waals surface area (Å²) in [6.45, 7) is 2.75. The minimum Gasteiger partial charge on any atom is -0.380 e. The van der Waals surface area contributed by atoms with Gasteiger partial charge < -0.3 is 24.2 Å². The van der Waals surface area contributed by atoms with E-state index in [4.69, 9.17) is 9.72 Å². The molecular formula is C32H44N4O4. The summed E-state index contributed by atoms with van der Waals surface area (Å²) < 4.78 is 8.42. The first-order valence-electron chi connectivity index (χ1n) is 15.4. The van der Waals surface area contributed by atoms with Crippen LogP contribution in [0, 0.1) is 5.41 Å². The van der Waals surface area contributed by atoms with Crippen molar-refractivity contribution in [1.82, 2.24) is 19.4 Å². The lowest BCUT2D eigenvalue weighted by molar-refractivity contribution is -0.143. The Kier molecular flexibility index (Phi) is 7.75. The van der Waals surface area contributed by atoms with Gasteiger partial charge in [0.1, 0.15) is 11.4 Å². The van der Waals surface area contributed by atoms with Crippen LogP contribution in [-0.4, -0.2) is 81.3 Å². The zero-order chi connectivity index (χ0) is 27.7. The molecule has 3 fully saturated rings. The Hall–Kier alpha value is -2.71. The van der Waals surface area contributed by atoms with E-state index in [0.717, 1.165) is 30.0 Å². The summed E-state index contributed by atoms with van der Waals surface area (Å²) in [5.41, 5.74) is 1.64. The summed E-state index contributed by atoms with van der Waals surface area (Å²) in [5.74, 6) is 0.951. The van der Waals surface area contributed by atoms with E-state index in [-0.39, 0.29) is 23.3 Å². The second-order valence-corrected chi connectivity index (χ2v) is 12.6. The summed E-state index contributed by atoms with van der Waals surface area (Å²) >= 11 is 0. The van der Waals surface area contributed by atoms with Gasteiger partial charge in [-0.15, -0.1) is 0 Å². The van der Waals surface area contributed by atoms with Crippen molar-refractivity contribution in [2.75, 3.05) is 33.3 Å². The minimum atomic E-state index is -1.15. The van der Waals surface area contributed by atoms with Gasteiger partial charge in [-0.3, -0.25) is 9.59 Å². The van der Waals surface area contributed by atoms with Crippen LogP contribution in [0.1, 0.15) is 86.8 Å². The van der Waals surface area contributed by atoms with Gasteiger partial charge in [-0.25, -0.2) is 4.98 Å². The molecule has 1 atom stereocenters. The number of aromatic nitrogens is 2. The first-order chi connectivity index (χ1) is 19.4. The molecule has 1 spiro atoms. The number of nitrogens with zero attached hydrogens (tertiary/aromatic N) is 4. The fourth-order valence-corrected chi connectivity index (χ4v) is 7.19. The molecule has 2 amide bonds. The highest BCUT2D eigenvalue weighted by Gasteiger charge is 2.50. The van der Waals surface area contributed by atoms with E-state index >= 15 is 0 Å². The van der Waals surface area contributed by atoms with Crippen molar-refractivity contribution < 1.29 is 19.4 Å². The van der Waals surface area contributed by atoms with Gasteiger partial charge in [0.05, 0.1) is 18.3 Å². The van der Waals surface area contributed by atoms with Gasteiger partial charge in [0.25, 0.3) is 11.8 Å². The van der Waals surface area contributed by atoms with E-state index in [0.29, 0.717) is 44.6 Å². The van der Waals surface area contributed by atoms with E-state index in [1.807, 2.05) is 31.4 Å². The molecule has 2 aliphatic heterocycles. The Morgan fingerprint density at radius 3 is 2.08 bits per heavy atom. The summed E-state index contributed by atoms with van der Waals surface area (Å²) in [7, 11) is 1.87. The van der Waals surface area contributed by atoms with Crippen molar-refractivity contribution in [3.8, 4) is 11.3 Å². The number of benzene rings is 1. The Labute approximate surface area is 237 Å². The van der Waals surface area contributed by atoms with Gasteiger partial charge in [0.2, 0.25) is 0 Å². The van der Waals surface area contributed by atoms with Crippen LogP contribution >= 0.6 is 0 Å². The number of imidazole rings is 1. The van der Waals surface area contributed by atoms with E-state index < -0.39 is 5.60 Å². The highest BCUT2D eigenvalue weighted by molar-refractivity contribution is 5.95. The molecule has 1 N–H and O–H groups in total. The van der Waals surface area contributed by atoms with Crippen molar-refractivity contribution in [1.29, 1.82) is 0 Å². The van der Waals surface area contributed by atoms with Crippen LogP contribution < -0.4 is 0 Å². The first-order valence-corrected chi connectivity index (χ1v) is 15.4. The van der Waals surface area contributed by atoms with E-state index in [1.165, 1.54) is 57.8 Å². The average molecular weight is 549 g/mol. The van der Waals surface area contributed by atoms with E-state index in [9.17, 15) is 14.7 Å². The number of carbonyl (C=O) groups excluding carboxylic acids is 2. The molecular weight excluding hydrogens is 504 g/mol. The molecule has 2 saturated carbocycles. The average Bonchev–Trinajstić information content (AvgIpc) is 3.61. The Morgan fingerprint density at radius 1 is 0.875 bits per heavy atom. The topological polar surface area (TPSA) is 87.9 Å². The summed E-state index contributed by atoms with van der Waals surface area (Å²) in [4.78, 5) is 34.2. The third-order valence-electron chi connectivity index (χ3n) is 9.95. The normalized spacial score (nSPS) is 24.4. The minimum absolute atomic E-state index is 0.0196. The lowest BCUT2D eigenvalue weighted by Gasteiger charge is -2.44. The second-order valence-electron chi connectivity index (χ2n) is 12.6. The maximum atomic E-state index is 13.2.